The zero-order chi connectivity index (χ0) is 6.85. The fourth-order valence-corrected chi connectivity index (χ4v) is 0.863. The van der Waals surface area contributed by atoms with Crippen LogP contribution < -0.4 is 5.73 Å². The third-order valence-corrected chi connectivity index (χ3v) is 1.39. The zero-order valence-corrected chi connectivity index (χ0v) is 5.29. The Hall–Kier alpha value is -1.05. The lowest BCUT2D eigenvalue weighted by Gasteiger charge is -2.02. The number of hydrogen-bond donors (Lipinski definition) is 1. The van der Waals surface area contributed by atoms with Crippen molar-refractivity contribution in [1.29, 1.82) is 0 Å². The molecular weight excluding hydrogens is 114 g/mol. The molecule has 1 atom stereocenters. The van der Waals surface area contributed by atoms with E-state index in [0.29, 0.717) is 5.70 Å². The highest BCUT2D eigenvalue weighted by atomic mass is 16.1. The highest BCUT2D eigenvalue weighted by molar-refractivity contribution is 5.83. The van der Waals surface area contributed by atoms with Gasteiger partial charge >= 0.3 is 0 Å². The topological polar surface area (TPSA) is 43.1 Å². The molecule has 0 radical (unpaired) electrons. The summed E-state index contributed by atoms with van der Waals surface area (Å²) < 4.78 is 0. The van der Waals surface area contributed by atoms with Gasteiger partial charge in [-0.1, -0.05) is 12.2 Å². The van der Waals surface area contributed by atoms with Crippen LogP contribution in [0.1, 0.15) is 6.92 Å². The molecule has 0 saturated heterocycles. The second-order valence-electron chi connectivity index (χ2n) is 2.14. The first-order valence-electron chi connectivity index (χ1n) is 2.86. The van der Waals surface area contributed by atoms with Crippen LogP contribution in [-0.4, -0.2) is 5.78 Å². The molecule has 1 aliphatic carbocycles. The van der Waals surface area contributed by atoms with Crippen molar-refractivity contribution in [2.24, 2.45) is 11.7 Å². The molecule has 1 rings (SSSR count). The van der Waals surface area contributed by atoms with Gasteiger partial charge in [-0.2, -0.15) is 0 Å². The van der Waals surface area contributed by atoms with Gasteiger partial charge in [0.05, 0.1) is 5.92 Å². The molecule has 0 spiro atoms. The van der Waals surface area contributed by atoms with Crippen LogP contribution in [0.15, 0.2) is 23.9 Å². The molecule has 0 heterocycles. The second kappa shape index (κ2) is 2.05. The SMILES string of the molecule is CC(=O)C1C=CC=C1N. The van der Waals surface area contributed by atoms with Crippen molar-refractivity contribution in [2.75, 3.05) is 0 Å². The fourth-order valence-electron chi connectivity index (χ4n) is 0.863. The molecule has 0 fully saturated rings. The molecule has 0 saturated carbocycles. The Morgan fingerprint density at radius 2 is 2.44 bits per heavy atom. The predicted octanol–water partition coefficient (Wildman–Crippen LogP) is 0.604. The predicted molar refractivity (Wildman–Crippen MR) is 35.6 cm³/mol. The maximum atomic E-state index is 10.7. The van der Waals surface area contributed by atoms with E-state index < -0.39 is 0 Å². The number of nitrogens with two attached hydrogens (primary N) is 1. The standard InChI is InChI=1S/C7H9NO/c1-5(9)6-3-2-4-7(6)8/h2-4,6H,8H2,1H3. The summed E-state index contributed by atoms with van der Waals surface area (Å²) in [4.78, 5) is 10.7. The van der Waals surface area contributed by atoms with Crippen molar-refractivity contribution >= 4 is 5.78 Å². The molecule has 0 bridgehead atoms. The monoisotopic (exact) mass is 123 g/mol. The van der Waals surface area contributed by atoms with Gasteiger partial charge in [0.25, 0.3) is 0 Å². The minimum absolute atomic E-state index is 0.109. The van der Waals surface area contributed by atoms with Crippen LogP contribution in [0.25, 0.3) is 0 Å². The van der Waals surface area contributed by atoms with E-state index in [1.54, 1.807) is 25.2 Å². The van der Waals surface area contributed by atoms with Crippen LogP contribution in [0, 0.1) is 5.92 Å². The third kappa shape index (κ3) is 1.02. The number of Topliss-reactive ketones (excluding diaryl/α,β-unsaturated/α-hetero) is 1. The van der Waals surface area contributed by atoms with Gasteiger partial charge in [-0.15, -0.1) is 0 Å². The van der Waals surface area contributed by atoms with E-state index in [2.05, 4.69) is 0 Å². The number of hydrogen-bond acceptors (Lipinski definition) is 2. The molecule has 0 aromatic carbocycles. The summed E-state index contributed by atoms with van der Waals surface area (Å²) in [6.45, 7) is 1.54. The number of allylic oxidation sites excluding steroid dienone is 3. The Balaban J connectivity index is 2.74. The summed E-state index contributed by atoms with van der Waals surface area (Å²) in [5.41, 5.74) is 6.11. The molecule has 1 aliphatic rings. The van der Waals surface area contributed by atoms with Gasteiger partial charge in [0.1, 0.15) is 5.78 Å². The van der Waals surface area contributed by atoms with Gasteiger partial charge in [-0.25, -0.2) is 0 Å². The fraction of sp³-hybridized carbons (Fsp3) is 0.286. The Morgan fingerprint density at radius 3 is 2.67 bits per heavy atom. The molecule has 2 N–H and O–H groups in total. The molecule has 48 valence electrons. The maximum Gasteiger partial charge on any atom is 0.142 e. The molecule has 0 aromatic heterocycles. The Morgan fingerprint density at radius 1 is 1.78 bits per heavy atom. The van der Waals surface area contributed by atoms with E-state index in [1.165, 1.54) is 0 Å². The van der Waals surface area contributed by atoms with Crippen molar-refractivity contribution in [3.05, 3.63) is 23.9 Å². The van der Waals surface area contributed by atoms with Crippen LogP contribution in [0.4, 0.5) is 0 Å². The van der Waals surface area contributed by atoms with Gasteiger partial charge < -0.3 is 5.73 Å². The number of carbonyl (C=O) groups excluding carboxylic acids is 1. The minimum Gasteiger partial charge on any atom is -0.401 e. The van der Waals surface area contributed by atoms with Gasteiger partial charge in [-0.3, -0.25) is 4.79 Å². The summed E-state index contributed by atoms with van der Waals surface area (Å²) >= 11 is 0. The summed E-state index contributed by atoms with van der Waals surface area (Å²) in [7, 11) is 0. The van der Waals surface area contributed by atoms with E-state index in [4.69, 9.17) is 5.73 Å². The Kier molecular flexibility index (Phi) is 1.39. The van der Waals surface area contributed by atoms with Crippen molar-refractivity contribution in [3.8, 4) is 0 Å². The highest BCUT2D eigenvalue weighted by Gasteiger charge is 2.15. The first-order chi connectivity index (χ1) is 4.22. The van der Waals surface area contributed by atoms with Crippen LogP contribution >= 0.6 is 0 Å². The van der Waals surface area contributed by atoms with Crippen LogP contribution in [0.3, 0.4) is 0 Å². The molecule has 2 nitrogen and oxygen atoms in total. The first-order valence-corrected chi connectivity index (χ1v) is 2.86. The summed E-state index contributed by atoms with van der Waals surface area (Å²) in [5, 5.41) is 0. The van der Waals surface area contributed by atoms with Crippen molar-refractivity contribution in [2.45, 2.75) is 6.92 Å². The van der Waals surface area contributed by atoms with Crippen LogP contribution in [0.5, 0.6) is 0 Å². The summed E-state index contributed by atoms with van der Waals surface area (Å²) in [6.07, 6.45) is 5.37. The number of rotatable bonds is 1. The zero-order valence-electron chi connectivity index (χ0n) is 5.29. The van der Waals surface area contributed by atoms with E-state index >= 15 is 0 Å². The van der Waals surface area contributed by atoms with Gasteiger partial charge in [0.2, 0.25) is 0 Å². The lowest BCUT2D eigenvalue weighted by molar-refractivity contribution is -0.118. The van der Waals surface area contributed by atoms with Gasteiger partial charge in [-0.05, 0) is 13.0 Å². The minimum atomic E-state index is -0.148. The van der Waals surface area contributed by atoms with E-state index in [9.17, 15) is 4.79 Å². The molecule has 0 aliphatic heterocycles. The molecule has 2 heteroatoms. The first kappa shape index (κ1) is 6.08. The quantitative estimate of drug-likeness (QED) is 0.555. The van der Waals surface area contributed by atoms with Gasteiger partial charge in [0.15, 0.2) is 0 Å². The molecule has 0 amide bonds. The third-order valence-electron chi connectivity index (χ3n) is 1.39. The average molecular weight is 123 g/mol. The summed E-state index contributed by atoms with van der Waals surface area (Å²) in [5.74, 6) is -0.0394. The molecular formula is C7H9NO. The van der Waals surface area contributed by atoms with Crippen molar-refractivity contribution < 1.29 is 4.79 Å². The van der Waals surface area contributed by atoms with E-state index in [-0.39, 0.29) is 11.7 Å². The van der Waals surface area contributed by atoms with Crippen LogP contribution in [0.2, 0.25) is 0 Å². The second-order valence-corrected chi connectivity index (χ2v) is 2.14. The lowest BCUT2D eigenvalue weighted by Crippen LogP contribution is -2.14. The van der Waals surface area contributed by atoms with E-state index in [1.807, 2.05) is 0 Å². The lowest BCUT2D eigenvalue weighted by atomic mass is 10.1. The molecule has 9 heavy (non-hydrogen) atoms. The van der Waals surface area contributed by atoms with Crippen molar-refractivity contribution in [1.82, 2.24) is 0 Å². The Labute approximate surface area is 54.0 Å². The average Bonchev–Trinajstić information content (AvgIpc) is 2.13. The molecule has 0 aromatic rings. The summed E-state index contributed by atoms with van der Waals surface area (Å²) in [6, 6.07) is 0. The smallest absolute Gasteiger partial charge is 0.142 e. The number of carbonyl (C=O) groups is 1. The van der Waals surface area contributed by atoms with Crippen LogP contribution in [-0.2, 0) is 4.79 Å². The van der Waals surface area contributed by atoms with Crippen molar-refractivity contribution in [3.63, 3.8) is 0 Å². The van der Waals surface area contributed by atoms with Gasteiger partial charge in [0, 0.05) is 5.70 Å². The highest BCUT2D eigenvalue weighted by Crippen LogP contribution is 2.14. The Bertz CT molecular complexity index is 191. The maximum absolute atomic E-state index is 10.7. The molecule has 1 unspecified atom stereocenters. The largest absolute Gasteiger partial charge is 0.401 e. The van der Waals surface area contributed by atoms with E-state index in [0.717, 1.165) is 0 Å². The number of ketones is 1. The normalized spacial score (nSPS) is 24.1.